The van der Waals surface area contributed by atoms with Crippen molar-refractivity contribution in [1.29, 1.82) is 0 Å². The average Bonchev–Trinajstić information content (AvgIpc) is 2.27. The Labute approximate surface area is 113 Å². The second kappa shape index (κ2) is 6.17. The van der Waals surface area contributed by atoms with Crippen LogP contribution in [0.15, 0.2) is 0 Å². The Kier molecular flexibility index (Phi) is 5.32. The molecule has 1 N–H and O–H groups in total. The maximum Gasteiger partial charge on any atom is 0.362 e. The molecule has 7 heteroatoms. The lowest BCUT2D eigenvalue weighted by atomic mass is 9.85. The van der Waals surface area contributed by atoms with Gasteiger partial charge in [0.15, 0.2) is 0 Å². The number of esters is 1. The Bertz CT molecular complexity index is 414. The van der Waals surface area contributed by atoms with E-state index in [4.69, 9.17) is 4.55 Å². The van der Waals surface area contributed by atoms with Crippen LogP contribution in [-0.2, 0) is 19.6 Å². The van der Waals surface area contributed by atoms with Crippen molar-refractivity contribution in [3.05, 3.63) is 0 Å². The summed E-state index contributed by atoms with van der Waals surface area (Å²) in [5.74, 6) is -1.74. The molecule has 0 aromatic rings. The van der Waals surface area contributed by atoms with E-state index >= 15 is 0 Å². The van der Waals surface area contributed by atoms with Crippen LogP contribution in [0.2, 0.25) is 0 Å². The molecule has 0 aliphatic heterocycles. The molecule has 1 unspecified atom stereocenters. The van der Waals surface area contributed by atoms with Gasteiger partial charge < -0.3 is 4.74 Å². The second-order valence-electron chi connectivity index (χ2n) is 5.37. The van der Waals surface area contributed by atoms with Gasteiger partial charge >= 0.3 is 21.1 Å². The zero-order valence-electron chi connectivity index (χ0n) is 11.3. The van der Waals surface area contributed by atoms with Crippen LogP contribution < -0.4 is 0 Å². The lowest BCUT2D eigenvalue weighted by molar-refractivity contribution is -0.157. The Balaban J connectivity index is 2.89. The number of hydrogen-bond donors (Lipinski definition) is 1. The van der Waals surface area contributed by atoms with Crippen LogP contribution in [0.3, 0.4) is 0 Å². The average molecular weight is 296 g/mol. The van der Waals surface area contributed by atoms with Crippen molar-refractivity contribution in [2.45, 2.75) is 63.5 Å². The second-order valence-corrected chi connectivity index (χ2v) is 6.96. The first kappa shape index (κ1) is 16.4. The highest BCUT2D eigenvalue weighted by atomic mass is 32.2. The molecule has 0 aromatic heterocycles. The van der Waals surface area contributed by atoms with Crippen LogP contribution in [0.5, 0.6) is 0 Å². The monoisotopic (exact) mass is 296 g/mol. The number of carbonyl (C=O) groups excluding carboxylic acids is 1. The van der Waals surface area contributed by atoms with Gasteiger partial charge in [-0.1, -0.05) is 32.1 Å². The van der Waals surface area contributed by atoms with Crippen molar-refractivity contribution in [3.8, 4) is 0 Å². The molecular weight excluding hydrogens is 275 g/mol. The largest absolute Gasteiger partial charge is 0.460 e. The maximum absolute atomic E-state index is 14.5. The molecule has 1 saturated carbocycles. The van der Waals surface area contributed by atoms with Crippen LogP contribution >= 0.6 is 0 Å². The van der Waals surface area contributed by atoms with Gasteiger partial charge in [-0.2, -0.15) is 8.42 Å². The molecule has 1 aliphatic carbocycles. The molecule has 1 fully saturated rings. The predicted octanol–water partition coefficient (Wildman–Crippen LogP) is 2.46. The third-order valence-electron chi connectivity index (χ3n) is 3.33. The summed E-state index contributed by atoms with van der Waals surface area (Å²) in [5.41, 5.74) is 0. The van der Waals surface area contributed by atoms with E-state index in [-0.39, 0.29) is 5.92 Å². The van der Waals surface area contributed by atoms with E-state index < -0.39 is 33.6 Å². The Morgan fingerprint density at radius 1 is 1.37 bits per heavy atom. The van der Waals surface area contributed by atoms with Gasteiger partial charge in [-0.05, 0) is 19.8 Å². The van der Waals surface area contributed by atoms with Gasteiger partial charge in [0.25, 0.3) is 0 Å². The SMILES string of the molecule is CC(C)OC(=O)C(F)(CC1CCCCC1)S(=O)(=O)O. The van der Waals surface area contributed by atoms with Gasteiger partial charge in [0.05, 0.1) is 6.10 Å². The molecule has 0 spiro atoms. The quantitative estimate of drug-likeness (QED) is 0.622. The smallest absolute Gasteiger partial charge is 0.362 e. The van der Waals surface area contributed by atoms with Gasteiger partial charge in [0.1, 0.15) is 0 Å². The van der Waals surface area contributed by atoms with Crippen LogP contribution in [-0.4, -0.2) is 30.0 Å². The molecule has 1 aliphatic rings. The molecule has 0 bridgehead atoms. The number of rotatable bonds is 5. The molecule has 0 heterocycles. The van der Waals surface area contributed by atoms with Gasteiger partial charge in [-0.15, -0.1) is 0 Å². The summed E-state index contributed by atoms with van der Waals surface area (Å²) in [6.45, 7) is 2.98. The summed E-state index contributed by atoms with van der Waals surface area (Å²) in [6, 6.07) is 0. The minimum absolute atomic E-state index is 0.222. The van der Waals surface area contributed by atoms with Gasteiger partial charge in [0, 0.05) is 6.42 Å². The summed E-state index contributed by atoms with van der Waals surface area (Å²) >= 11 is 0. The Morgan fingerprint density at radius 3 is 2.32 bits per heavy atom. The van der Waals surface area contributed by atoms with Gasteiger partial charge in [-0.3, -0.25) is 4.55 Å². The maximum atomic E-state index is 14.5. The fourth-order valence-corrected chi connectivity index (χ4v) is 3.06. The van der Waals surface area contributed by atoms with Crippen LogP contribution in [0.1, 0.15) is 52.4 Å². The van der Waals surface area contributed by atoms with Crippen molar-refractivity contribution < 1.29 is 26.9 Å². The van der Waals surface area contributed by atoms with Crippen LogP contribution in [0.4, 0.5) is 4.39 Å². The normalized spacial score (nSPS) is 21.1. The molecule has 0 saturated heterocycles. The van der Waals surface area contributed by atoms with Gasteiger partial charge in [-0.25, -0.2) is 9.18 Å². The van der Waals surface area contributed by atoms with E-state index in [1.54, 1.807) is 0 Å². The number of hydrogen-bond acceptors (Lipinski definition) is 4. The summed E-state index contributed by atoms with van der Waals surface area (Å²) < 4.78 is 50.7. The Hall–Kier alpha value is -0.690. The van der Waals surface area contributed by atoms with Crippen molar-refractivity contribution >= 4 is 16.1 Å². The molecule has 19 heavy (non-hydrogen) atoms. The minimum Gasteiger partial charge on any atom is -0.460 e. The number of alkyl halides is 1. The van der Waals surface area contributed by atoms with Crippen molar-refractivity contribution in [3.63, 3.8) is 0 Å². The third kappa shape index (κ3) is 4.14. The summed E-state index contributed by atoms with van der Waals surface area (Å²) in [5, 5.41) is -3.35. The highest BCUT2D eigenvalue weighted by molar-refractivity contribution is 7.87. The topological polar surface area (TPSA) is 80.7 Å². The summed E-state index contributed by atoms with van der Waals surface area (Å²) in [4.78, 5) is 11.7. The number of halogens is 1. The molecule has 0 radical (unpaired) electrons. The lowest BCUT2D eigenvalue weighted by Gasteiger charge is -2.28. The van der Waals surface area contributed by atoms with Crippen LogP contribution in [0, 0.1) is 5.92 Å². The summed E-state index contributed by atoms with van der Waals surface area (Å²) in [7, 11) is -5.15. The van der Waals surface area contributed by atoms with E-state index in [1.807, 2.05) is 0 Å². The Morgan fingerprint density at radius 2 is 1.89 bits per heavy atom. The first-order chi connectivity index (χ1) is 8.67. The van der Waals surface area contributed by atoms with Crippen molar-refractivity contribution in [1.82, 2.24) is 0 Å². The zero-order valence-corrected chi connectivity index (χ0v) is 12.1. The zero-order chi connectivity index (χ0) is 14.7. The number of carbonyl (C=O) groups is 1. The molecule has 1 rings (SSSR count). The van der Waals surface area contributed by atoms with E-state index in [0.29, 0.717) is 12.8 Å². The molecule has 0 aromatic carbocycles. The predicted molar refractivity (Wildman–Crippen MR) is 67.8 cm³/mol. The lowest BCUT2D eigenvalue weighted by Crippen LogP contribution is -2.45. The molecule has 5 nitrogen and oxygen atoms in total. The van der Waals surface area contributed by atoms with E-state index in [0.717, 1.165) is 19.3 Å². The third-order valence-corrected chi connectivity index (χ3v) is 4.48. The van der Waals surface area contributed by atoms with E-state index in [2.05, 4.69) is 4.74 Å². The molecule has 1 atom stereocenters. The van der Waals surface area contributed by atoms with Crippen molar-refractivity contribution in [2.75, 3.05) is 0 Å². The van der Waals surface area contributed by atoms with E-state index in [1.165, 1.54) is 13.8 Å². The molecule has 112 valence electrons. The van der Waals surface area contributed by atoms with E-state index in [9.17, 15) is 17.6 Å². The van der Waals surface area contributed by atoms with Crippen molar-refractivity contribution in [2.24, 2.45) is 5.92 Å². The first-order valence-electron chi connectivity index (χ1n) is 6.54. The van der Waals surface area contributed by atoms with Gasteiger partial charge in [0.2, 0.25) is 0 Å². The van der Waals surface area contributed by atoms with Crippen LogP contribution in [0.25, 0.3) is 0 Å². The molecule has 0 amide bonds. The highest BCUT2D eigenvalue weighted by Gasteiger charge is 2.54. The standard InChI is InChI=1S/C12H21FO5S/c1-9(2)18-11(14)12(13,19(15,16)17)8-10-6-4-3-5-7-10/h9-10H,3-8H2,1-2H3,(H,15,16,17). The minimum atomic E-state index is -5.15. The first-order valence-corrected chi connectivity index (χ1v) is 7.98. The summed E-state index contributed by atoms with van der Waals surface area (Å²) in [6.07, 6.45) is 2.94. The highest BCUT2D eigenvalue weighted by Crippen LogP contribution is 2.36. The molecular formula is C12H21FO5S. The number of ether oxygens (including phenoxy) is 1. The fourth-order valence-electron chi connectivity index (χ4n) is 2.36. The fraction of sp³-hybridized carbons (Fsp3) is 0.917.